The van der Waals surface area contributed by atoms with Gasteiger partial charge < -0.3 is 10.6 Å². The molecule has 0 atom stereocenters. The van der Waals surface area contributed by atoms with Crippen molar-refractivity contribution in [3.8, 4) is 0 Å². The van der Waals surface area contributed by atoms with Crippen LogP contribution in [-0.2, 0) is 4.79 Å². The Hall–Kier alpha value is -0.570. The van der Waals surface area contributed by atoms with E-state index in [4.69, 9.17) is 5.73 Å². The maximum Gasteiger partial charge on any atom is 0.231 e. The fourth-order valence-electron chi connectivity index (χ4n) is 0.312. The summed E-state index contributed by atoms with van der Waals surface area (Å²) in [6.07, 6.45) is 1.25. The second-order valence-corrected chi connectivity index (χ2v) is 2.41. The zero-order valence-electron chi connectivity index (χ0n) is 7.35. The maximum atomic E-state index is 9.99. The molecule has 3 heteroatoms. The van der Waals surface area contributed by atoms with Gasteiger partial charge in [-0.15, -0.1) is 0 Å². The molecule has 0 aromatic carbocycles. The highest BCUT2D eigenvalue weighted by Gasteiger charge is 1.92. The van der Waals surface area contributed by atoms with Gasteiger partial charge in [0.15, 0.2) is 0 Å². The minimum absolute atomic E-state index is 0. The van der Waals surface area contributed by atoms with Crippen LogP contribution in [0.3, 0.4) is 0 Å². The lowest BCUT2D eigenvalue weighted by Gasteiger charge is -2.02. The van der Waals surface area contributed by atoms with Crippen molar-refractivity contribution in [2.75, 3.05) is 20.6 Å². The number of hydrogen-bond acceptors (Lipinski definition) is 2. The largest absolute Gasteiger partial charge is 0.369 e. The molecule has 0 heterocycles. The van der Waals surface area contributed by atoms with Gasteiger partial charge in [0.05, 0.1) is 6.54 Å². The summed E-state index contributed by atoms with van der Waals surface area (Å²) < 4.78 is 0. The van der Waals surface area contributed by atoms with Crippen LogP contribution in [0, 0.1) is 0 Å². The highest BCUT2D eigenvalue weighted by atomic mass is 16.1. The number of hydrogen-bond donors (Lipinski definition) is 1. The van der Waals surface area contributed by atoms with Gasteiger partial charge in [0.25, 0.3) is 0 Å². The first-order valence-electron chi connectivity index (χ1n) is 3.47. The lowest BCUT2D eigenvalue weighted by Crippen LogP contribution is -2.27. The molecule has 0 radical (unpaired) electrons. The van der Waals surface area contributed by atoms with E-state index in [0.717, 1.165) is 0 Å². The molecule has 0 saturated carbocycles. The van der Waals surface area contributed by atoms with Gasteiger partial charge >= 0.3 is 0 Å². The molecule has 64 valence electrons. The fourth-order valence-corrected chi connectivity index (χ4v) is 0.312. The highest BCUT2D eigenvalue weighted by molar-refractivity contribution is 5.75. The molecule has 0 aliphatic rings. The standard InChI is InChI=1S/C4H10N2O.C3H8.H2/c1-6(2)3-4(5)7;1-3-2;/h3H2,1-2H3,(H2,5,7);3H2,1-2H3;1H. The third-order valence-corrected chi connectivity index (χ3v) is 0.472. The summed E-state index contributed by atoms with van der Waals surface area (Å²) >= 11 is 0. The van der Waals surface area contributed by atoms with E-state index in [-0.39, 0.29) is 7.33 Å². The molecule has 0 bridgehead atoms. The summed E-state index contributed by atoms with van der Waals surface area (Å²) in [6, 6.07) is 0. The van der Waals surface area contributed by atoms with Gasteiger partial charge in [-0.3, -0.25) is 4.79 Å². The molecule has 0 aromatic heterocycles. The SMILES string of the molecule is CCC.CN(C)CC(N)=O.[HH]. The van der Waals surface area contributed by atoms with Crippen LogP contribution in [0.5, 0.6) is 0 Å². The predicted octanol–water partition coefficient (Wildman–Crippen LogP) is 0.696. The highest BCUT2D eigenvalue weighted by Crippen LogP contribution is 1.67. The quantitative estimate of drug-likeness (QED) is 0.626. The molecule has 0 unspecified atom stereocenters. The molecule has 0 aliphatic carbocycles. The van der Waals surface area contributed by atoms with Crippen molar-refractivity contribution in [1.29, 1.82) is 0 Å². The number of carbonyl (C=O) groups is 1. The van der Waals surface area contributed by atoms with E-state index < -0.39 is 0 Å². The van der Waals surface area contributed by atoms with Crippen LogP contribution in [0.25, 0.3) is 0 Å². The van der Waals surface area contributed by atoms with Crippen molar-refractivity contribution in [3.63, 3.8) is 0 Å². The Balaban J connectivity index is -0.000000140. The van der Waals surface area contributed by atoms with E-state index in [1.165, 1.54) is 6.42 Å². The van der Waals surface area contributed by atoms with Crippen LogP contribution in [0.15, 0.2) is 0 Å². The Labute approximate surface area is 64.7 Å². The zero-order valence-corrected chi connectivity index (χ0v) is 7.35. The van der Waals surface area contributed by atoms with Crippen molar-refractivity contribution in [2.24, 2.45) is 5.73 Å². The molecule has 1 amide bonds. The molecular formula is C7H20N2O. The average molecular weight is 148 g/mol. The molecule has 3 nitrogen and oxygen atoms in total. The number of primary amides is 1. The molecule has 2 N–H and O–H groups in total. The molecule has 0 aromatic rings. The summed E-state index contributed by atoms with van der Waals surface area (Å²) in [6.45, 7) is 4.58. The monoisotopic (exact) mass is 148 g/mol. The van der Waals surface area contributed by atoms with Gasteiger partial charge in [-0.05, 0) is 14.1 Å². The van der Waals surface area contributed by atoms with Gasteiger partial charge in [0.1, 0.15) is 0 Å². The van der Waals surface area contributed by atoms with Crippen LogP contribution in [0.4, 0.5) is 0 Å². The van der Waals surface area contributed by atoms with Gasteiger partial charge in [0, 0.05) is 1.43 Å². The molecular weight excluding hydrogens is 128 g/mol. The minimum Gasteiger partial charge on any atom is -0.369 e. The first kappa shape index (κ1) is 12.1. The summed E-state index contributed by atoms with van der Waals surface area (Å²) in [4.78, 5) is 11.7. The van der Waals surface area contributed by atoms with Crippen LogP contribution in [0.2, 0.25) is 0 Å². The topological polar surface area (TPSA) is 46.3 Å². The van der Waals surface area contributed by atoms with Crippen molar-refractivity contribution < 1.29 is 6.22 Å². The second kappa shape index (κ2) is 8.43. The third kappa shape index (κ3) is 26.1. The Kier molecular flexibility index (Phi) is 10.2. The van der Waals surface area contributed by atoms with Crippen LogP contribution in [-0.4, -0.2) is 31.4 Å². The Morgan fingerprint density at radius 2 is 1.80 bits per heavy atom. The van der Waals surface area contributed by atoms with Crippen molar-refractivity contribution in [1.82, 2.24) is 4.90 Å². The Bertz CT molecular complexity index is 86.5. The second-order valence-electron chi connectivity index (χ2n) is 2.41. The number of amides is 1. The Morgan fingerprint density at radius 1 is 1.50 bits per heavy atom. The van der Waals surface area contributed by atoms with Crippen LogP contribution < -0.4 is 5.73 Å². The first-order valence-corrected chi connectivity index (χ1v) is 3.47. The van der Waals surface area contributed by atoms with Gasteiger partial charge in [-0.1, -0.05) is 20.3 Å². The molecule has 10 heavy (non-hydrogen) atoms. The minimum atomic E-state index is -0.287. The smallest absolute Gasteiger partial charge is 0.231 e. The van der Waals surface area contributed by atoms with Crippen molar-refractivity contribution in [2.45, 2.75) is 20.3 Å². The van der Waals surface area contributed by atoms with Crippen LogP contribution >= 0.6 is 0 Å². The summed E-state index contributed by atoms with van der Waals surface area (Å²) in [5.41, 5.74) is 4.81. The van der Waals surface area contributed by atoms with E-state index in [9.17, 15) is 4.79 Å². The average Bonchev–Trinajstić information content (AvgIpc) is 1.62. The van der Waals surface area contributed by atoms with E-state index in [1.807, 2.05) is 0 Å². The summed E-state index contributed by atoms with van der Waals surface area (Å²) in [5, 5.41) is 0. The molecule has 0 fully saturated rings. The lowest BCUT2D eigenvalue weighted by molar-refractivity contribution is -0.118. The molecule has 0 saturated heterocycles. The van der Waals surface area contributed by atoms with E-state index >= 15 is 0 Å². The Morgan fingerprint density at radius 3 is 1.80 bits per heavy atom. The molecule has 0 spiro atoms. The number of likely N-dealkylation sites (N-methyl/N-ethyl adjacent to an activating group) is 1. The van der Waals surface area contributed by atoms with Gasteiger partial charge in [0.2, 0.25) is 5.91 Å². The number of nitrogens with two attached hydrogens (primary N) is 1. The predicted molar refractivity (Wildman–Crippen MR) is 45.8 cm³/mol. The fraction of sp³-hybridized carbons (Fsp3) is 0.857. The summed E-state index contributed by atoms with van der Waals surface area (Å²) in [7, 11) is 3.59. The van der Waals surface area contributed by atoms with Crippen molar-refractivity contribution >= 4 is 5.91 Å². The van der Waals surface area contributed by atoms with E-state index in [0.29, 0.717) is 6.54 Å². The van der Waals surface area contributed by atoms with Gasteiger partial charge in [-0.25, -0.2) is 0 Å². The summed E-state index contributed by atoms with van der Waals surface area (Å²) in [5.74, 6) is -0.287. The van der Waals surface area contributed by atoms with Gasteiger partial charge in [-0.2, -0.15) is 0 Å². The van der Waals surface area contributed by atoms with Crippen LogP contribution in [0.1, 0.15) is 21.7 Å². The van der Waals surface area contributed by atoms with E-state index in [2.05, 4.69) is 13.8 Å². The normalized spacial score (nSPS) is 8.50. The first-order chi connectivity index (χ1) is 4.54. The zero-order chi connectivity index (χ0) is 8.57. The molecule has 0 rings (SSSR count). The lowest BCUT2D eigenvalue weighted by atomic mass is 10.6. The molecule has 0 aliphatic heterocycles. The maximum absolute atomic E-state index is 9.99. The third-order valence-electron chi connectivity index (χ3n) is 0.472. The van der Waals surface area contributed by atoms with Crippen molar-refractivity contribution in [3.05, 3.63) is 0 Å². The number of nitrogens with zero attached hydrogens (tertiary/aromatic N) is 1. The number of rotatable bonds is 2. The number of carbonyl (C=O) groups excluding carboxylic acids is 1. The van der Waals surface area contributed by atoms with E-state index in [1.54, 1.807) is 19.0 Å².